The molecule has 0 radical (unpaired) electrons. The van der Waals surface area contributed by atoms with Crippen LogP contribution in [0.1, 0.15) is 27.4 Å². The number of nitro benzene ring substituents is 1. The number of ketones is 1. The molecule has 1 saturated heterocycles. The van der Waals surface area contributed by atoms with Gasteiger partial charge in [0.15, 0.2) is 5.78 Å². The molecular weight excluding hydrogens is 436 g/mol. The largest absolute Gasteiger partial charge is 0.497 e. The fraction of sp³-hybridized carbons (Fsp3) is 0.240. The Morgan fingerprint density at radius 2 is 2.06 bits per heavy atom. The van der Waals surface area contributed by atoms with Gasteiger partial charge in [-0.15, -0.1) is 0 Å². The van der Waals surface area contributed by atoms with Crippen LogP contribution in [0.3, 0.4) is 0 Å². The normalized spacial score (nSPS) is 23.5. The standard InChI is InChI=1S/C25H22N4O5/c1-28-14-19(15-5-3-7-17(11-15)29(32)33)22(23(30)16-6-4-10-26-13-16)25(28)20-12-18(34-2)8-9-21(20)27-24(25)31/h3-13,19,22H,14H2,1-2H3,(H,27,31)/t19-,22-,25-/m1/s1. The molecule has 172 valence electrons. The average Bonchev–Trinajstić information content (AvgIpc) is 3.33. The molecule has 34 heavy (non-hydrogen) atoms. The Kier molecular flexibility index (Phi) is 5.13. The average molecular weight is 458 g/mol. The first-order valence-corrected chi connectivity index (χ1v) is 10.8. The SMILES string of the molecule is COc1ccc2c(c1)[C@]1(C(=O)N2)[C@@H](C(=O)c2cccnc2)[C@@H](c2cccc([N+](=O)[O-])c2)CN1C. The summed E-state index contributed by atoms with van der Waals surface area (Å²) in [5.74, 6) is -1.32. The zero-order valence-electron chi connectivity index (χ0n) is 18.6. The third-order valence-electron chi connectivity index (χ3n) is 6.89. The molecule has 2 aromatic carbocycles. The van der Waals surface area contributed by atoms with Crippen molar-refractivity contribution in [1.29, 1.82) is 0 Å². The number of amides is 1. The fourth-order valence-corrected chi connectivity index (χ4v) is 5.40. The number of non-ortho nitro benzene ring substituents is 1. The smallest absolute Gasteiger partial charge is 0.269 e. The molecular formula is C25H22N4O5. The van der Waals surface area contributed by atoms with Crippen molar-refractivity contribution in [1.82, 2.24) is 9.88 Å². The van der Waals surface area contributed by atoms with Crippen molar-refractivity contribution in [2.75, 3.05) is 26.0 Å². The Balaban J connectivity index is 1.74. The number of hydrogen-bond donors (Lipinski definition) is 1. The maximum Gasteiger partial charge on any atom is 0.269 e. The van der Waals surface area contributed by atoms with Crippen LogP contribution in [-0.2, 0) is 10.3 Å². The quantitative estimate of drug-likeness (QED) is 0.354. The van der Waals surface area contributed by atoms with Crippen LogP contribution in [-0.4, -0.2) is 47.2 Å². The fourth-order valence-electron chi connectivity index (χ4n) is 5.40. The Morgan fingerprint density at radius 3 is 2.76 bits per heavy atom. The number of likely N-dealkylation sites (N-methyl/N-ethyl adjacent to an activating group) is 1. The first-order chi connectivity index (χ1) is 16.4. The molecule has 0 bridgehead atoms. The molecule has 1 fully saturated rings. The van der Waals surface area contributed by atoms with Gasteiger partial charge in [-0.2, -0.15) is 0 Å². The highest BCUT2D eigenvalue weighted by Gasteiger charge is 2.64. The molecule has 1 amide bonds. The van der Waals surface area contributed by atoms with Crippen LogP contribution < -0.4 is 10.1 Å². The summed E-state index contributed by atoms with van der Waals surface area (Å²) in [6.45, 7) is 0.349. The van der Waals surface area contributed by atoms with Gasteiger partial charge < -0.3 is 10.1 Å². The number of nitrogens with one attached hydrogen (secondary N) is 1. The number of methoxy groups -OCH3 is 1. The van der Waals surface area contributed by atoms with Gasteiger partial charge in [0.2, 0.25) is 5.91 Å². The molecule has 2 aliphatic heterocycles. The predicted molar refractivity (Wildman–Crippen MR) is 124 cm³/mol. The number of fused-ring (bicyclic) bond motifs is 2. The van der Waals surface area contributed by atoms with E-state index in [1.165, 1.54) is 18.3 Å². The number of anilines is 1. The zero-order valence-corrected chi connectivity index (χ0v) is 18.6. The van der Waals surface area contributed by atoms with E-state index in [-0.39, 0.29) is 17.4 Å². The lowest BCUT2D eigenvalue weighted by atomic mass is 9.70. The van der Waals surface area contributed by atoms with E-state index in [9.17, 15) is 19.7 Å². The first-order valence-electron chi connectivity index (χ1n) is 10.8. The third-order valence-corrected chi connectivity index (χ3v) is 6.89. The second-order valence-corrected chi connectivity index (χ2v) is 8.55. The summed E-state index contributed by atoms with van der Waals surface area (Å²) in [5.41, 5.74) is 0.889. The number of Topliss-reactive ketones (excluding diaryl/α,β-unsaturated/α-hetero) is 1. The molecule has 3 aromatic rings. The minimum atomic E-state index is -1.31. The topological polar surface area (TPSA) is 115 Å². The van der Waals surface area contributed by atoms with E-state index in [2.05, 4.69) is 10.3 Å². The van der Waals surface area contributed by atoms with Gasteiger partial charge in [0.05, 0.1) is 18.0 Å². The molecule has 0 unspecified atom stereocenters. The van der Waals surface area contributed by atoms with Gasteiger partial charge in [-0.25, -0.2) is 0 Å². The van der Waals surface area contributed by atoms with E-state index < -0.39 is 22.3 Å². The number of likely N-dealkylation sites (tertiary alicyclic amines) is 1. The van der Waals surface area contributed by atoms with Crippen molar-refractivity contribution in [3.63, 3.8) is 0 Å². The molecule has 1 spiro atoms. The molecule has 2 aliphatic rings. The highest BCUT2D eigenvalue weighted by Crippen LogP contribution is 2.56. The molecule has 0 saturated carbocycles. The van der Waals surface area contributed by atoms with E-state index in [0.717, 1.165) is 0 Å². The summed E-state index contributed by atoms with van der Waals surface area (Å²) in [7, 11) is 3.34. The van der Waals surface area contributed by atoms with Crippen LogP contribution in [0.25, 0.3) is 0 Å². The minimum Gasteiger partial charge on any atom is -0.497 e. The Morgan fingerprint density at radius 1 is 1.24 bits per heavy atom. The molecule has 9 heteroatoms. The molecule has 9 nitrogen and oxygen atoms in total. The van der Waals surface area contributed by atoms with Crippen molar-refractivity contribution < 1.29 is 19.2 Å². The van der Waals surface area contributed by atoms with Gasteiger partial charge in [-0.05, 0) is 42.9 Å². The molecule has 0 aliphatic carbocycles. The highest BCUT2D eigenvalue weighted by molar-refractivity contribution is 6.12. The molecule has 3 atom stereocenters. The van der Waals surface area contributed by atoms with Crippen LogP contribution in [0, 0.1) is 16.0 Å². The van der Waals surface area contributed by atoms with Crippen molar-refractivity contribution in [2.24, 2.45) is 5.92 Å². The predicted octanol–water partition coefficient (Wildman–Crippen LogP) is 3.37. The van der Waals surface area contributed by atoms with Crippen LogP contribution in [0.4, 0.5) is 11.4 Å². The third kappa shape index (κ3) is 3.08. The second-order valence-electron chi connectivity index (χ2n) is 8.55. The monoisotopic (exact) mass is 458 g/mol. The van der Waals surface area contributed by atoms with Gasteiger partial charge in [0.1, 0.15) is 11.3 Å². The Labute approximate surface area is 195 Å². The number of benzene rings is 2. The lowest BCUT2D eigenvalue weighted by Crippen LogP contribution is -2.51. The van der Waals surface area contributed by atoms with E-state index in [4.69, 9.17) is 4.74 Å². The van der Waals surface area contributed by atoms with E-state index in [0.29, 0.717) is 34.7 Å². The zero-order chi connectivity index (χ0) is 24.0. The van der Waals surface area contributed by atoms with Gasteiger partial charge >= 0.3 is 0 Å². The first kappa shape index (κ1) is 21.7. The van der Waals surface area contributed by atoms with Crippen LogP contribution in [0.5, 0.6) is 5.75 Å². The molecule has 3 heterocycles. The van der Waals surface area contributed by atoms with Crippen molar-refractivity contribution in [2.45, 2.75) is 11.5 Å². The number of nitro groups is 1. The summed E-state index contributed by atoms with van der Waals surface area (Å²) in [6.07, 6.45) is 3.06. The van der Waals surface area contributed by atoms with Crippen LogP contribution in [0.2, 0.25) is 0 Å². The van der Waals surface area contributed by atoms with Gasteiger partial charge in [-0.3, -0.25) is 29.6 Å². The maximum atomic E-state index is 14.1. The molecule has 1 N–H and O–H groups in total. The summed E-state index contributed by atoms with van der Waals surface area (Å²) >= 11 is 0. The second kappa shape index (κ2) is 8.03. The summed E-state index contributed by atoms with van der Waals surface area (Å²) in [5, 5.41) is 14.4. The van der Waals surface area contributed by atoms with Gasteiger partial charge in [0.25, 0.3) is 5.69 Å². The Bertz CT molecular complexity index is 1310. The van der Waals surface area contributed by atoms with Gasteiger partial charge in [0, 0.05) is 53.8 Å². The summed E-state index contributed by atoms with van der Waals surface area (Å²) in [4.78, 5) is 44.7. The maximum absolute atomic E-state index is 14.1. The number of pyridine rings is 1. The van der Waals surface area contributed by atoms with Crippen molar-refractivity contribution >= 4 is 23.1 Å². The van der Waals surface area contributed by atoms with E-state index >= 15 is 0 Å². The lowest BCUT2D eigenvalue weighted by molar-refractivity contribution is -0.384. The number of carbonyl (C=O) groups excluding carboxylic acids is 2. The van der Waals surface area contributed by atoms with Crippen LogP contribution in [0.15, 0.2) is 67.0 Å². The van der Waals surface area contributed by atoms with E-state index in [1.807, 2.05) is 4.90 Å². The van der Waals surface area contributed by atoms with Crippen LogP contribution >= 0.6 is 0 Å². The molecule has 5 rings (SSSR count). The number of rotatable bonds is 5. The minimum absolute atomic E-state index is 0.0633. The highest BCUT2D eigenvalue weighted by atomic mass is 16.6. The molecule has 1 aromatic heterocycles. The lowest BCUT2D eigenvalue weighted by Gasteiger charge is -2.35. The number of carbonyl (C=O) groups is 2. The Hall–Kier alpha value is -4.11. The number of nitrogens with zero attached hydrogens (tertiary/aromatic N) is 3. The number of ether oxygens (including phenoxy) is 1. The summed E-state index contributed by atoms with van der Waals surface area (Å²) < 4.78 is 5.42. The van der Waals surface area contributed by atoms with Crippen molar-refractivity contribution in [3.8, 4) is 5.75 Å². The number of aromatic nitrogens is 1. The number of hydrogen-bond acceptors (Lipinski definition) is 7. The van der Waals surface area contributed by atoms with Gasteiger partial charge in [-0.1, -0.05) is 12.1 Å². The summed E-state index contributed by atoms with van der Waals surface area (Å²) in [6, 6.07) is 14.9. The van der Waals surface area contributed by atoms with Crippen molar-refractivity contribution in [3.05, 3.63) is 93.8 Å². The van der Waals surface area contributed by atoms with E-state index in [1.54, 1.807) is 62.8 Å².